The van der Waals surface area contributed by atoms with Crippen molar-refractivity contribution in [3.05, 3.63) is 0 Å². The van der Waals surface area contributed by atoms with E-state index in [1.807, 2.05) is 6.92 Å². The van der Waals surface area contributed by atoms with Gasteiger partial charge in [0.05, 0.1) is 19.3 Å². The van der Waals surface area contributed by atoms with Crippen molar-refractivity contribution >= 4 is 5.97 Å². The monoisotopic (exact) mass is 345 g/mol. The van der Waals surface area contributed by atoms with Crippen molar-refractivity contribution in [1.29, 1.82) is 0 Å². The Hall–Kier alpha value is -1.97. The van der Waals surface area contributed by atoms with E-state index < -0.39 is 30.1 Å². The van der Waals surface area contributed by atoms with Crippen molar-refractivity contribution in [2.75, 3.05) is 13.2 Å². The first-order valence-electron chi connectivity index (χ1n) is 8.50. The molecule has 25 heavy (non-hydrogen) atoms. The maximum Gasteiger partial charge on any atom is 0.323 e. The molecule has 1 aliphatic rings. The standard InChI is InChI=1S/C20H27NO4/c1-6-14(4)12-23-18-11-9-10-17(21)20(22)25-15(5)19(18)24-13-16(7-2)8-3/h1-3,14-19H,9-13,21H2,4-5H3/t14?,15-,17-,18-,19-/m0/s1. The molecule has 0 saturated carbocycles. The Bertz CT molecular complexity index is 540. The van der Waals surface area contributed by atoms with E-state index in [0.29, 0.717) is 25.9 Å². The first-order chi connectivity index (χ1) is 11.9. The molecule has 1 unspecified atom stereocenters. The summed E-state index contributed by atoms with van der Waals surface area (Å²) >= 11 is 0. The summed E-state index contributed by atoms with van der Waals surface area (Å²) < 4.78 is 17.3. The molecule has 1 rings (SSSR count). The van der Waals surface area contributed by atoms with Crippen LogP contribution in [0.15, 0.2) is 0 Å². The van der Waals surface area contributed by atoms with Crippen LogP contribution < -0.4 is 5.73 Å². The fraction of sp³-hybridized carbons (Fsp3) is 0.650. The Balaban J connectivity index is 2.90. The molecule has 0 aromatic rings. The third kappa shape index (κ3) is 6.81. The maximum absolute atomic E-state index is 12.0. The van der Waals surface area contributed by atoms with E-state index in [2.05, 4.69) is 17.8 Å². The number of hydrogen-bond donors (Lipinski definition) is 1. The van der Waals surface area contributed by atoms with Gasteiger partial charge in [-0.3, -0.25) is 4.79 Å². The van der Waals surface area contributed by atoms with Gasteiger partial charge in [-0.2, -0.15) is 0 Å². The minimum Gasteiger partial charge on any atom is -0.459 e. The molecule has 0 spiro atoms. The summed E-state index contributed by atoms with van der Waals surface area (Å²) in [5, 5.41) is 0. The number of carbonyl (C=O) groups excluding carboxylic acids is 1. The number of terminal acetylenes is 3. The average molecular weight is 345 g/mol. The number of cyclic esters (lactones) is 1. The number of hydrogen-bond acceptors (Lipinski definition) is 5. The molecular formula is C20H27NO4. The zero-order chi connectivity index (χ0) is 18.8. The Kier molecular flexibility index (Phi) is 9.11. The molecule has 0 aliphatic carbocycles. The van der Waals surface area contributed by atoms with Gasteiger partial charge in [0.2, 0.25) is 0 Å². The third-order valence-corrected chi connectivity index (χ3v) is 4.14. The summed E-state index contributed by atoms with van der Waals surface area (Å²) in [6.45, 7) is 4.21. The van der Waals surface area contributed by atoms with E-state index in [9.17, 15) is 4.79 Å². The van der Waals surface area contributed by atoms with Gasteiger partial charge in [-0.25, -0.2) is 0 Å². The lowest BCUT2D eigenvalue weighted by Gasteiger charge is -2.31. The van der Waals surface area contributed by atoms with Gasteiger partial charge in [0.15, 0.2) is 0 Å². The fourth-order valence-corrected chi connectivity index (χ4v) is 2.55. The minimum atomic E-state index is -0.643. The van der Waals surface area contributed by atoms with Gasteiger partial charge < -0.3 is 19.9 Å². The highest BCUT2D eigenvalue weighted by molar-refractivity contribution is 5.75. The van der Waals surface area contributed by atoms with E-state index in [4.69, 9.17) is 39.2 Å². The van der Waals surface area contributed by atoms with E-state index in [0.717, 1.165) is 0 Å². The minimum absolute atomic E-state index is 0.0300. The van der Waals surface area contributed by atoms with E-state index in [1.54, 1.807) is 6.92 Å². The summed E-state index contributed by atoms with van der Waals surface area (Å²) in [5.74, 6) is 6.66. The highest BCUT2D eigenvalue weighted by Gasteiger charge is 2.34. The third-order valence-electron chi connectivity index (χ3n) is 4.14. The lowest BCUT2D eigenvalue weighted by atomic mass is 10.0. The Labute approximate surface area is 151 Å². The van der Waals surface area contributed by atoms with Crippen LogP contribution >= 0.6 is 0 Å². The van der Waals surface area contributed by atoms with E-state index >= 15 is 0 Å². The van der Waals surface area contributed by atoms with Gasteiger partial charge in [0.1, 0.15) is 24.2 Å². The number of nitrogens with two attached hydrogens (primary N) is 1. The number of esters is 1. The molecule has 1 aliphatic heterocycles. The van der Waals surface area contributed by atoms with Gasteiger partial charge in [-0.1, -0.05) is 11.8 Å². The highest BCUT2D eigenvalue weighted by Crippen LogP contribution is 2.22. The second-order valence-electron chi connectivity index (χ2n) is 6.30. The molecule has 5 nitrogen and oxygen atoms in total. The molecule has 5 heteroatoms. The lowest BCUT2D eigenvalue weighted by Crippen LogP contribution is -2.44. The van der Waals surface area contributed by atoms with Gasteiger partial charge in [0, 0.05) is 5.92 Å². The molecule has 5 atom stereocenters. The molecule has 136 valence electrons. The molecule has 0 amide bonds. The lowest BCUT2D eigenvalue weighted by molar-refractivity contribution is -0.168. The number of carbonyl (C=O) groups is 1. The molecule has 0 radical (unpaired) electrons. The van der Waals surface area contributed by atoms with Crippen LogP contribution in [0.5, 0.6) is 0 Å². The molecule has 0 bridgehead atoms. The first kappa shape index (κ1) is 21.1. The van der Waals surface area contributed by atoms with Crippen molar-refractivity contribution in [2.45, 2.75) is 57.5 Å². The summed E-state index contributed by atoms with van der Waals surface area (Å²) in [6, 6.07) is -0.643. The first-order valence-corrected chi connectivity index (χ1v) is 8.50. The van der Waals surface area contributed by atoms with Crippen LogP contribution in [-0.4, -0.2) is 43.5 Å². The fourth-order valence-electron chi connectivity index (χ4n) is 2.55. The second kappa shape index (κ2) is 10.8. The van der Waals surface area contributed by atoms with Crippen LogP contribution in [0.2, 0.25) is 0 Å². The summed E-state index contributed by atoms with van der Waals surface area (Å²) in [6.07, 6.45) is 16.8. The Morgan fingerprint density at radius 3 is 2.48 bits per heavy atom. The quantitative estimate of drug-likeness (QED) is 0.581. The number of ether oxygens (including phenoxy) is 3. The van der Waals surface area contributed by atoms with Gasteiger partial charge in [-0.15, -0.1) is 25.2 Å². The average Bonchev–Trinajstić information content (AvgIpc) is 2.65. The Morgan fingerprint density at radius 1 is 1.20 bits per heavy atom. The number of rotatable bonds is 6. The van der Waals surface area contributed by atoms with Crippen LogP contribution in [0.3, 0.4) is 0 Å². The van der Waals surface area contributed by atoms with Crippen LogP contribution in [0, 0.1) is 48.9 Å². The summed E-state index contributed by atoms with van der Waals surface area (Å²) in [4.78, 5) is 12.0. The normalized spacial score (nSPS) is 28.4. The predicted octanol–water partition coefficient (Wildman–Crippen LogP) is 1.35. The molecule has 1 fully saturated rings. The van der Waals surface area contributed by atoms with Crippen LogP contribution in [0.4, 0.5) is 0 Å². The topological polar surface area (TPSA) is 70.8 Å². The van der Waals surface area contributed by atoms with Gasteiger partial charge >= 0.3 is 5.97 Å². The predicted molar refractivity (Wildman–Crippen MR) is 96.0 cm³/mol. The van der Waals surface area contributed by atoms with E-state index in [1.165, 1.54) is 0 Å². The maximum atomic E-state index is 12.0. The molecule has 0 aromatic heterocycles. The molecular weight excluding hydrogens is 318 g/mol. The zero-order valence-corrected chi connectivity index (χ0v) is 14.9. The van der Waals surface area contributed by atoms with Crippen molar-refractivity contribution < 1.29 is 19.0 Å². The molecule has 1 saturated heterocycles. The van der Waals surface area contributed by atoms with Crippen LogP contribution in [-0.2, 0) is 19.0 Å². The van der Waals surface area contributed by atoms with Crippen LogP contribution in [0.1, 0.15) is 33.1 Å². The van der Waals surface area contributed by atoms with Crippen molar-refractivity contribution in [3.63, 3.8) is 0 Å². The largest absolute Gasteiger partial charge is 0.459 e. The molecule has 1 heterocycles. The van der Waals surface area contributed by atoms with Gasteiger partial charge in [-0.05, 0) is 33.1 Å². The van der Waals surface area contributed by atoms with Crippen molar-refractivity contribution in [1.82, 2.24) is 0 Å². The zero-order valence-electron chi connectivity index (χ0n) is 14.9. The SMILES string of the molecule is C#CC(C)CO[C@H]1CCC[C@H](N)C(=O)O[C@@H](C)[C@@H]1OCC(C#C)C#C. The molecule has 2 N–H and O–H groups in total. The van der Waals surface area contributed by atoms with Crippen LogP contribution in [0.25, 0.3) is 0 Å². The Morgan fingerprint density at radius 2 is 1.88 bits per heavy atom. The second-order valence-corrected chi connectivity index (χ2v) is 6.30. The summed E-state index contributed by atoms with van der Waals surface area (Å²) in [7, 11) is 0. The summed E-state index contributed by atoms with van der Waals surface area (Å²) in [5.41, 5.74) is 5.84. The molecule has 0 aromatic carbocycles. The highest BCUT2D eigenvalue weighted by atomic mass is 16.6. The smallest absolute Gasteiger partial charge is 0.323 e. The van der Waals surface area contributed by atoms with E-state index in [-0.39, 0.29) is 18.6 Å². The van der Waals surface area contributed by atoms with Crippen molar-refractivity contribution in [3.8, 4) is 37.0 Å². The van der Waals surface area contributed by atoms with Gasteiger partial charge in [0.25, 0.3) is 0 Å². The van der Waals surface area contributed by atoms with Crippen molar-refractivity contribution in [2.24, 2.45) is 17.6 Å².